The van der Waals surface area contributed by atoms with E-state index in [2.05, 4.69) is 10.1 Å². The minimum Gasteiger partial charge on any atom is -0.398 e. The number of halogens is 2. The van der Waals surface area contributed by atoms with Gasteiger partial charge in [0, 0.05) is 11.8 Å². The highest BCUT2D eigenvalue weighted by atomic mass is 32.1. The molecular formula is C12H7F2N3OS. The van der Waals surface area contributed by atoms with Crippen LogP contribution in [0.15, 0.2) is 34.2 Å². The van der Waals surface area contributed by atoms with Crippen LogP contribution in [-0.2, 0) is 0 Å². The van der Waals surface area contributed by atoms with Gasteiger partial charge in [0.1, 0.15) is 0 Å². The summed E-state index contributed by atoms with van der Waals surface area (Å²) in [7, 11) is 0. The molecule has 2 aromatic heterocycles. The van der Waals surface area contributed by atoms with Gasteiger partial charge in [0.05, 0.1) is 10.4 Å². The van der Waals surface area contributed by atoms with Crippen LogP contribution < -0.4 is 5.73 Å². The van der Waals surface area contributed by atoms with Gasteiger partial charge in [-0.25, -0.2) is 8.78 Å². The predicted octanol–water partition coefficient (Wildman–Crippen LogP) is 3.33. The molecule has 4 nitrogen and oxygen atoms in total. The Morgan fingerprint density at radius 3 is 2.74 bits per heavy atom. The van der Waals surface area contributed by atoms with Crippen LogP contribution in [0.4, 0.5) is 14.5 Å². The molecule has 0 aliphatic rings. The Kier molecular flexibility index (Phi) is 2.75. The van der Waals surface area contributed by atoms with Crippen molar-refractivity contribution in [1.29, 1.82) is 0 Å². The Labute approximate surface area is 110 Å². The average molecular weight is 279 g/mol. The third-order valence-corrected chi connectivity index (χ3v) is 3.36. The fourth-order valence-electron chi connectivity index (χ4n) is 1.59. The van der Waals surface area contributed by atoms with Crippen molar-refractivity contribution in [2.24, 2.45) is 0 Å². The maximum atomic E-state index is 13.2. The van der Waals surface area contributed by atoms with E-state index < -0.39 is 11.6 Å². The molecule has 0 amide bonds. The molecule has 96 valence electrons. The number of anilines is 1. The SMILES string of the molecule is Nc1cc(F)c(F)cc1-c1nc(-c2cccs2)no1. The zero-order chi connectivity index (χ0) is 13.4. The van der Waals surface area contributed by atoms with Gasteiger partial charge in [-0.05, 0) is 17.5 Å². The lowest BCUT2D eigenvalue weighted by Crippen LogP contribution is -1.94. The van der Waals surface area contributed by atoms with Crippen LogP contribution in [0.1, 0.15) is 0 Å². The Balaban J connectivity index is 2.06. The number of thiophene rings is 1. The van der Waals surface area contributed by atoms with Crippen molar-refractivity contribution in [3.05, 3.63) is 41.3 Å². The summed E-state index contributed by atoms with van der Waals surface area (Å²) < 4.78 is 31.2. The summed E-state index contributed by atoms with van der Waals surface area (Å²) in [5.74, 6) is -1.59. The van der Waals surface area contributed by atoms with Gasteiger partial charge in [0.25, 0.3) is 5.89 Å². The van der Waals surface area contributed by atoms with Gasteiger partial charge in [-0.1, -0.05) is 11.2 Å². The molecule has 0 unspecified atom stereocenters. The van der Waals surface area contributed by atoms with Crippen molar-refractivity contribution in [2.75, 3.05) is 5.73 Å². The van der Waals surface area contributed by atoms with E-state index in [1.165, 1.54) is 11.3 Å². The summed E-state index contributed by atoms with van der Waals surface area (Å²) >= 11 is 1.44. The summed E-state index contributed by atoms with van der Waals surface area (Å²) in [4.78, 5) is 4.93. The summed E-state index contributed by atoms with van der Waals surface area (Å²) in [6.07, 6.45) is 0. The van der Waals surface area contributed by atoms with Gasteiger partial charge < -0.3 is 10.3 Å². The second-order valence-corrected chi connectivity index (χ2v) is 4.70. The number of nitrogens with two attached hydrogens (primary N) is 1. The van der Waals surface area contributed by atoms with Crippen LogP contribution in [0, 0.1) is 11.6 Å². The zero-order valence-electron chi connectivity index (χ0n) is 9.43. The first-order chi connectivity index (χ1) is 9.15. The van der Waals surface area contributed by atoms with E-state index in [4.69, 9.17) is 10.3 Å². The topological polar surface area (TPSA) is 64.9 Å². The molecule has 0 saturated carbocycles. The lowest BCUT2D eigenvalue weighted by molar-refractivity contribution is 0.432. The third-order valence-electron chi connectivity index (χ3n) is 2.49. The molecule has 1 aromatic carbocycles. The Hall–Kier alpha value is -2.28. The summed E-state index contributed by atoms with van der Waals surface area (Å²) in [6.45, 7) is 0. The Morgan fingerprint density at radius 2 is 2.00 bits per heavy atom. The van der Waals surface area contributed by atoms with Gasteiger partial charge in [0.2, 0.25) is 5.82 Å². The molecule has 3 rings (SSSR count). The first-order valence-corrected chi connectivity index (χ1v) is 6.15. The zero-order valence-corrected chi connectivity index (χ0v) is 10.2. The molecular weight excluding hydrogens is 272 g/mol. The van der Waals surface area contributed by atoms with E-state index in [-0.39, 0.29) is 17.1 Å². The minimum absolute atomic E-state index is 0.0419. The van der Waals surface area contributed by atoms with E-state index in [0.29, 0.717) is 5.82 Å². The van der Waals surface area contributed by atoms with Crippen molar-refractivity contribution in [3.8, 4) is 22.2 Å². The summed E-state index contributed by atoms with van der Waals surface area (Å²) in [5, 5.41) is 5.65. The molecule has 3 aromatic rings. The fraction of sp³-hybridized carbons (Fsp3) is 0. The highest BCUT2D eigenvalue weighted by Crippen LogP contribution is 2.29. The third kappa shape index (κ3) is 2.08. The van der Waals surface area contributed by atoms with Crippen LogP contribution >= 0.6 is 11.3 Å². The number of nitrogens with zero attached hydrogens (tertiary/aromatic N) is 2. The maximum absolute atomic E-state index is 13.2. The van der Waals surface area contributed by atoms with Crippen LogP contribution in [0.5, 0.6) is 0 Å². The van der Waals surface area contributed by atoms with Gasteiger partial charge in [-0.2, -0.15) is 4.98 Å². The van der Waals surface area contributed by atoms with Crippen LogP contribution in [-0.4, -0.2) is 10.1 Å². The van der Waals surface area contributed by atoms with Crippen molar-refractivity contribution < 1.29 is 13.3 Å². The molecule has 0 bridgehead atoms. The number of benzene rings is 1. The molecule has 0 aliphatic carbocycles. The first kappa shape index (κ1) is 11.8. The van der Waals surface area contributed by atoms with Crippen molar-refractivity contribution in [2.45, 2.75) is 0 Å². The largest absolute Gasteiger partial charge is 0.398 e. The van der Waals surface area contributed by atoms with E-state index in [1.54, 1.807) is 0 Å². The lowest BCUT2D eigenvalue weighted by atomic mass is 10.1. The van der Waals surface area contributed by atoms with Gasteiger partial charge in [0.15, 0.2) is 11.6 Å². The number of nitrogen functional groups attached to an aromatic ring is 1. The fourth-order valence-corrected chi connectivity index (χ4v) is 2.24. The normalized spacial score (nSPS) is 10.8. The van der Waals surface area contributed by atoms with E-state index in [9.17, 15) is 8.78 Å². The number of rotatable bonds is 2. The molecule has 0 spiro atoms. The standard InChI is InChI=1S/C12H7F2N3OS/c13-7-4-6(9(15)5-8(7)14)12-16-11(17-18-12)10-2-1-3-19-10/h1-5H,15H2. The minimum atomic E-state index is -1.01. The number of hydrogen-bond donors (Lipinski definition) is 1. The smallest absolute Gasteiger partial charge is 0.260 e. The summed E-state index contributed by atoms with van der Waals surface area (Å²) in [6, 6.07) is 5.51. The van der Waals surface area contributed by atoms with Gasteiger partial charge >= 0.3 is 0 Å². The summed E-state index contributed by atoms with van der Waals surface area (Å²) in [5.41, 5.74) is 5.84. The second kappa shape index (κ2) is 4.43. The Morgan fingerprint density at radius 1 is 1.21 bits per heavy atom. The highest BCUT2D eigenvalue weighted by molar-refractivity contribution is 7.13. The van der Waals surface area contributed by atoms with Crippen LogP contribution in [0.2, 0.25) is 0 Å². The molecule has 0 saturated heterocycles. The van der Waals surface area contributed by atoms with Crippen molar-refractivity contribution in [1.82, 2.24) is 10.1 Å². The quantitative estimate of drug-likeness (QED) is 0.731. The molecule has 2 N–H and O–H groups in total. The van der Waals surface area contributed by atoms with E-state index in [0.717, 1.165) is 17.0 Å². The second-order valence-electron chi connectivity index (χ2n) is 3.75. The molecule has 0 radical (unpaired) electrons. The molecule has 19 heavy (non-hydrogen) atoms. The van der Waals surface area contributed by atoms with Crippen LogP contribution in [0.25, 0.3) is 22.2 Å². The van der Waals surface area contributed by atoms with Crippen molar-refractivity contribution >= 4 is 17.0 Å². The first-order valence-electron chi connectivity index (χ1n) is 5.27. The van der Waals surface area contributed by atoms with Crippen molar-refractivity contribution in [3.63, 3.8) is 0 Å². The molecule has 7 heteroatoms. The molecule has 2 heterocycles. The molecule has 0 fully saturated rings. The lowest BCUT2D eigenvalue weighted by Gasteiger charge is -2.01. The van der Waals surface area contributed by atoms with E-state index >= 15 is 0 Å². The molecule has 0 aliphatic heterocycles. The maximum Gasteiger partial charge on any atom is 0.260 e. The predicted molar refractivity (Wildman–Crippen MR) is 67.4 cm³/mol. The number of aromatic nitrogens is 2. The van der Waals surface area contributed by atoms with Gasteiger partial charge in [-0.3, -0.25) is 0 Å². The Bertz CT molecular complexity index is 725. The average Bonchev–Trinajstić information content (AvgIpc) is 3.03. The van der Waals surface area contributed by atoms with Crippen LogP contribution in [0.3, 0.4) is 0 Å². The molecule has 0 atom stereocenters. The monoisotopic (exact) mass is 279 g/mol. The van der Waals surface area contributed by atoms with E-state index in [1.807, 2.05) is 17.5 Å². The van der Waals surface area contributed by atoms with Gasteiger partial charge in [-0.15, -0.1) is 11.3 Å². The highest BCUT2D eigenvalue weighted by Gasteiger charge is 2.16. The number of hydrogen-bond acceptors (Lipinski definition) is 5.